The van der Waals surface area contributed by atoms with Crippen LogP contribution in [-0.4, -0.2) is 23.9 Å². The van der Waals surface area contributed by atoms with Crippen molar-refractivity contribution in [2.75, 3.05) is 5.32 Å². The summed E-state index contributed by atoms with van der Waals surface area (Å²) in [7, 11) is 0. The molecule has 0 aromatic heterocycles. The number of amides is 2. The lowest BCUT2D eigenvalue weighted by Crippen LogP contribution is -2.55. The third-order valence-electron chi connectivity index (χ3n) is 6.04. The van der Waals surface area contributed by atoms with E-state index in [1.807, 2.05) is 50.2 Å². The number of carbonyl (C=O) groups is 2. The van der Waals surface area contributed by atoms with Crippen molar-refractivity contribution >= 4 is 29.9 Å². The maximum atomic E-state index is 13.0. The van der Waals surface area contributed by atoms with Crippen LogP contribution in [0.5, 0.6) is 0 Å². The Bertz CT molecular complexity index is 883. The molecular formula is C25H34ClN3O2. The summed E-state index contributed by atoms with van der Waals surface area (Å²) in [6.45, 7) is 8.97. The first-order valence-corrected chi connectivity index (χ1v) is 10.9. The van der Waals surface area contributed by atoms with Crippen LogP contribution in [0.2, 0.25) is 0 Å². The molecule has 0 bridgehead atoms. The van der Waals surface area contributed by atoms with Gasteiger partial charge in [0.1, 0.15) is 6.04 Å². The van der Waals surface area contributed by atoms with Crippen LogP contribution in [-0.2, 0) is 22.6 Å². The first-order valence-electron chi connectivity index (χ1n) is 10.9. The maximum absolute atomic E-state index is 13.0. The van der Waals surface area contributed by atoms with Gasteiger partial charge >= 0.3 is 0 Å². The molecular weight excluding hydrogens is 410 g/mol. The molecule has 0 saturated heterocycles. The van der Waals surface area contributed by atoms with Crippen LogP contribution in [0.15, 0.2) is 48.5 Å². The Labute approximate surface area is 191 Å². The van der Waals surface area contributed by atoms with E-state index in [9.17, 15) is 9.59 Å². The van der Waals surface area contributed by atoms with Crippen molar-refractivity contribution in [3.05, 3.63) is 65.2 Å². The summed E-state index contributed by atoms with van der Waals surface area (Å²) < 4.78 is 0. The minimum atomic E-state index is -0.578. The fourth-order valence-electron chi connectivity index (χ4n) is 3.77. The van der Waals surface area contributed by atoms with Gasteiger partial charge in [-0.15, -0.1) is 12.4 Å². The molecule has 0 saturated carbocycles. The normalized spacial score (nSPS) is 17.1. The quantitative estimate of drug-likeness (QED) is 0.593. The van der Waals surface area contributed by atoms with Crippen LogP contribution >= 0.6 is 12.4 Å². The number of halogens is 1. The molecule has 2 aromatic carbocycles. The molecule has 168 valence electrons. The highest BCUT2D eigenvalue weighted by atomic mass is 35.5. The Morgan fingerprint density at radius 1 is 1.03 bits per heavy atom. The van der Waals surface area contributed by atoms with Gasteiger partial charge in [0.05, 0.1) is 6.04 Å². The van der Waals surface area contributed by atoms with Gasteiger partial charge in [-0.05, 0) is 47.1 Å². The van der Waals surface area contributed by atoms with Crippen molar-refractivity contribution in [1.29, 1.82) is 0 Å². The zero-order valence-electron chi connectivity index (χ0n) is 18.8. The minimum absolute atomic E-state index is 0. The molecule has 1 aliphatic rings. The smallest absolute Gasteiger partial charge is 0.247 e. The average Bonchev–Trinajstić information content (AvgIpc) is 2.76. The molecule has 1 heterocycles. The Balaban J connectivity index is 0.00000341. The van der Waals surface area contributed by atoms with E-state index < -0.39 is 6.04 Å². The molecule has 5 nitrogen and oxygen atoms in total. The highest BCUT2D eigenvalue weighted by Crippen LogP contribution is 2.19. The molecule has 31 heavy (non-hydrogen) atoms. The Morgan fingerprint density at radius 3 is 2.29 bits per heavy atom. The van der Waals surface area contributed by atoms with Gasteiger partial charge in [0.2, 0.25) is 11.8 Å². The van der Waals surface area contributed by atoms with Crippen LogP contribution in [0.1, 0.15) is 56.7 Å². The van der Waals surface area contributed by atoms with Crippen molar-refractivity contribution in [1.82, 2.24) is 10.6 Å². The molecule has 3 rings (SSSR count). The second kappa shape index (κ2) is 11.3. The van der Waals surface area contributed by atoms with E-state index in [-0.39, 0.29) is 36.2 Å². The molecule has 3 N–H and O–H groups in total. The number of hydrogen-bond donors (Lipinski definition) is 3. The summed E-state index contributed by atoms with van der Waals surface area (Å²) in [4.78, 5) is 26.0. The van der Waals surface area contributed by atoms with Gasteiger partial charge in [-0.2, -0.15) is 0 Å². The van der Waals surface area contributed by atoms with E-state index in [0.29, 0.717) is 18.9 Å². The Hall–Kier alpha value is -2.37. The second-order valence-electron chi connectivity index (χ2n) is 8.54. The minimum Gasteiger partial charge on any atom is -0.343 e. The number of rotatable bonds is 7. The Morgan fingerprint density at radius 2 is 1.68 bits per heavy atom. The maximum Gasteiger partial charge on any atom is 0.247 e. The van der Waals surface area contributed by atoms with Crippen LogP contribution in [0, 0.1) is 5.92 Å². The fourth-order valence-corrected chi connectivity index (χ4v) is 3.77. The largest absolute Gasteiger partial charge is 0.343 e. The number of fused-ring (bicyclic) bond motifs is 1. The summed E-state index contributed by atoms with van der Waals surface area (Å²) in [6, 6.07) is 15.1. The first-order chi connectivity index (χ1) is 14.4. The van der Waals surface area contributed by atoms with Crippen LogP contribution in [0.3, 0.4) is 0 Å². The third kappa shape index (κ3) is 6.31. The Kier molecular flexibility index (Phi) is 9.08. The van der Waals surface area contributed by atoms with Crippen LogP contribution < -0.4 is 16.0 Å². The fraction of sp³-hybridized carbons (Fsp3) is 0.440. The molecule has 1 unspecified atom stereocenters. The summed E-state index contributed by atoms with van der Waals surface area (Å²) in [6.07, 6.45) is 1.43. The molecule has 2 aromatic rings. The lowest BCUT2D eigenvalue weighted by Gasteiger charge is -2.29. The molecule has 2 amide bonds. The van der Waals surface area contributed by atoms with Gasteiger partial charge in [-0.25, -0.2) is 0 Å². The van der Waals surface area contributed by atoms with Crippen LogP contribution in [0.4, 0.5) is 5.69 Å². The third-order valence-corrected chi connectivity index (χ3v) is 6.04. The predicted octanol–water partition coefficient (Wildman–Crippen LogP) is 4.42. The summed E-state index contributed by atoms with van der Waals surface area (Å²) in [5.41, 5.74) is 4.38. The molecule has 3 atom stereocenters. The van der Waals surface area contributed by atoms with Crippen LogP contribution in [0.25, 0.3) is 0 Å². The van der Waals surface area contributed by atoms with Gasteiger partial charge in [-0.1, -0.05) is 70.5 Å². The number of carbonyl (C=O) groups excluding carboxylic acids is 2. The summed E-state index contributed by atoms with van der Waals surface area (Å²) in [5.74, 6) is 0.168. The summed E-state index contributed by atoms with van der Waals surface area (Å²) >= 11 is 0. The van der Waals surface area contributed by atoms with E-state index in [2.05, 4.69) is 41.9 Å². The monoisotopic (exact) mass is 443 g/mol. The number of benzene rings is 2. The lowest BCUT2D eigenvalue weighted by molar-refractivity contribution is -0.129. The van der Waals surface area contributed by atoms with Crippen molar-refractivity contribution in [3.8, 4) is 0 Å². The number of nitrogens with one attached hydrogen (secondary N) is 3. The zero-order valence-corrected chi connectivity index (χ0v) is 19.6. The average molecular weight is 444 g/mol. The number of anilines is 1. The van der Waals surface area contributed by atoms with Gasteiger partial charge in [-0.3, -0.25) is 9.59 Å². The second-order valence-corrected chi connectivity index (χ2v) is 8.54. The zero-order chi connectivity index (χ0) is 21.7. The number of hydrogen-bond acceptors (Lipinski definition) is 3. The van der Waals surface area contributed by atoms with Gasteiger partial charge in [0.25, 0.3) is 0 Å². The van der Waals surface area contributed by atoms with Crippen molar-refractivity contribution in [2.24, 2.45) is 5.92 Å². The van der Waals surface area contributed by atoms with Crippen molar-refractivity contribution in [3.63, 3.8) is 0 Å². The van der Waals surface area contributed by atoms with E-state index in [4.69, 9.17) is 0 Å². The van der Waals surface area contributed by atoms with Crippen molar-refractivity contribution < 1.29 is 9.59 Å². The molecule has 6 heteroatoms. The lowest BCUT2D eigenvalue weighted by atomic mass is 9.94. The van der Waals surface area contributed by atoms with E-state index in [1.165, 1.54) is 16.7 Å². The topological polar surface area (TPSA) is 70.2 Å². The highest BCUT2D eigenvalue weighted by molar-refractivity contribution is 5.98. The first kappa shape index (κ1) is 24.9. The molecule has 1 aliphatic heterocycles. The van der Waals surface area contributed by atoms with E-state index >= 15 is 0 Å². The van der Waals surface area contributed by atoms with E-state index in [1.54, 1.807) is 0 Å². The molecule has 0 aliphatic carbocycles. The van der Waals surface area contributed by atoms with Gasteiger partial charge < -0.3 is 16.0 Å². The molecule has 0 fully saturated rings. The standard InChI is InChI=1S/C25H33N3O2.ClH/c1-5-17(4)23(25(30)27-21-12-10-18(11-13-21)16(2)3)28-24(29)22-14-19-8-6-7-9-20(19)15-26-22;/h6-13,16-17,22-23,26H,5,14-15H2,1-4H3,(H,27,30)(H,28,29);1H/t17?,22-,23-;/m0./s1. The summed E-state index contributed by atoms with van der Waals surface area (Å²) in [5, 5.41) is 9.28. The van der Waals surface area contributed by atoms with E-state index in [0.717, 1.165) is 12.1 Å². The molecule has 0 spiro atoms. The van der Waals surface area contributed by atoms with Crippen molar-refractivity contribution in [2.45, 2.75) is 65.1 Å². The highest BCUT2D eigenvalue weighted by Gasteiger charge is 2.30. The molecule has 0 radical (unpaired) electrons. The SMILES string of the molecule is CCC(C)[C@H](NC(=O)[C@@H]1Cc2ccccc2CN1)C(=O)Nc1ccc(C(C)C)cc1.Cl. The van der Waals surface area contributed by atoms with Gasteiger partial charge in [0, 0.05) is 12.2 Å². The predicted molar refractivity (Wildman–Crippen MR) is 129 cm³/mol. The van der Waals surface area contributed by atoms with Gasteiger partial charge in [0.15, 0.2) is 0 Å².